The van der Waals surface area contributed by atoms with Crippen LogP contribution in [0.4, 0.5) is 5.69 Å². The van der Waals surface area contributed by atoms with E-state index in [0.717, 1.165) is 5.69 Å². The number of hydrogen-bond acceptors (Lipinski definition) is 1. The Bertz CT molecular complexity index is 393. The highest BCUT2D eigenvalue weighted by Crippen LogP contribution is 2.42. The predicted molar refractivity (Wildman–Crippen MR) is 59.6 cm³/mol. The molecule has 0 heterocycles. The molecule has 0 saturated carbocycles. The van der Waals surface area contributed by atoms with Gasteiger partial charge in [0.25, 0.3) is 0 Å². The zero-order valence-electron chi connectivity index (χ0n) is 8.77. The van der Waals surface area contributed by atoms with E-state index in [9.17, 15) is 0 Å². The molecule has 0 unspecified atom stereocenters. The van der Waals surface area contributed by atoms with E-state index in [4.69, 9.17) is 5.73 Å². The van der Waals surface area contributed by atoms with Crippen LogP contribution in [0.25, 0.3) is 0 Å². The van der Waals surface area contributed by atoms with Crippen molar-refractivity contribution in [3.63, 3.8) is 0 Å². The second-order valence-electron chi connectivity index (χ2n) is 4.79. The molecule has 0 aromatic heterocycles. The lowest BCUT2D eigenvalue weighted by molar-refractivity contribution is 0.748. The molecule has 0 bridgehead atoms. The molecule has 0 spiro atoms. The van der Waals surface area contributed by atoms with Crippen molar-refractivity contribution in [2.24, 2.45) is 0 Å². The normalized spacial score (nSPS) is 23.6. The third kappa shape index (κ3) is 0.956. The third-order valence-corrected chi connectivity index (χ3v) is 3.91. The van der Waals surface area contributed by atoms with Crippen LogP contribution in [0.5, 0.6) is 0 Å². The number of nitrogen functional groups attached to an aromatic ring is 1. The van der Waals surface area contributed by atoms with Gasteiger partial charge in [0.2, 0.25) is 0 Å². The number of aryl methyl sites for hydroxylation is 2. The first-order chi connectivity index (χ1) is 6.77. The minimum atomic E-state index is 0.691. The summed E-state index contributed by atoms with van der Waals surface area (Å²) in [5.41, 5.74) is 13.4. The average molecular weight is 187 g/mol. The lowest BCUT2D eigenvalue weighted by Gasteiger charge is -2.13. The van der Waals surface area contributed by atoms with Crippen LogP contribution >= 0.6 is 0 Å². The highest BCUT2D eigenvalue weighted by Gasteiger charge is 2.26. The number of rotatable bonds is 0. The summed E-state index contributed by atoms with van der Waals surface area (Å²) < 4.78 is 0. The van der Waals surface area contributed by atoms with Gasteiger partial charge in [0.15, 0.2) is 0 Å². The van der Waals surface area contributed by atoms with Crippen LogP contribution in [0.15, 0.2) is 6.07 Å². The Balaban J connectivity index is 2.25. The fourth-order valence-corrected chi connectivity index (χ4v) is 3.16. The van der Waals surface area contributed by atoms with E-state index in [1.165, 1.54) is 54.4 Å². The van der Waals surface area contributed by atoms with Crippen molar-refractivity contribution in [2.45, 2.75) is 44.9 Å². The molecule has 0 amide bonds. The molecule has 2 aliphatic carbocycles. The quantitative estimate of drug-likeness (QED) is 0.621. The standard InChI is InChI=1S/C13H17N/c1-8-5-6-10-7-9-3-2-4-11(9)13(14)12(8)10/h7-8H,2-6,14H2,1H3/t8-/m1/s1. The Morgan fingerprint density at radius 3 is 2.93 bits per heavy atom. The summed E-state index contributed by atoms with van der Waals surface area (Å²) >= 11 is 0. The maximum Gasteiger partial charge on any atom is 0.0387 e. The van der Waals surface area contributed by atoms with Gasteiger partial charge in [-0.05, 0) is 60.3 Å². The summed E-state index contributed by atoms with van der Waals surface area (Å²) in [5.74, 6) is 0.691. The lowest BCUT2D eigenvalue weighted by Crippen LogP contribution is -2.01. The first kappa shape index (κ1) is 8.34. The summed E-state index contributed by atoms with van der Waals surface area (Å²) in [7, 11) is 0. The van der Waals surface area contributed by atoms with E-state index in [1.54, 1.807) is 0 Å². The Morgan fingerprint density at radius 1 is 1.21 bits per heavy atom. The lowest BCUT2D eigenvalue weighted by atomic mass is 9.95. The van der Waals surface area contributed by atoms with Gasteiger partial charge in [0, 0.05) is 5.69 Å². The van der Waals surface area contributed by atoms with Crippen LogP contribution in [0.3, 0.4) is 0 Å². The maximum atomic E-state index is 6.28. The van der Waals surface area contributed by atoms with Crippen molar-refractivity contribution in [3.05, 3.63) is 28.3 Å². The van der Waals surface area contributed by atoms with Gasteiger partial charge in [0.05, 0.1) is 0 Å². The molecule has 0 aliphatic heterocycles. The van der Waals surface area contributed by atoms with Crippen molar-refractivity contribution in [1.29, 1.82) is 0 Å². The number of nitrogens with two attached hydrogens (primary N) is 1. The van der Waals surface area contributed by atoms with Gasteiger partial charge in [-0.1, -0.05) is 13.0 Å². The van der Waals surface area contributed by atoms with E-state index < -0.39 is 0 Å². The molecule has 1 atom stereocenters. The van der Waals surface area contributed by atoms with Gasteiger partial charge < -0.3 is 5.73 Å². The summed E-state index contributed by atoms with van der Waals surface area (Å²) in [6, 6.07) is 2.43. The Hall–Kier alpha value is -0.980. The average Bonchev–Trinajstić information content (AvgIpc) is 2.74. The molecule has 1 aromatic rings. The molecule has 14 heavy (non-hydrogen) atoms. The molecular formula is C13H17N. The second-order valence-corrected chi connectivity index (χ2v) is 4.79. The Labute approximate surface area is 85.3 Å². The van der Waals surface area contributed by atoms with Crippen LogP contribution in [-0.4, -0.2) is 0 Å². The van der Waals surface area contributed by atoms with Gasteiger partial charge in [-0.3, -0.25) is 0 Å². The summed E-state index contributed by atoms with van der Waals surface area (Å²) in [5, 5.41) is 0. The molecule has 1 nitrogen and oxygen atoms in total. The van der Waals surface area contributed by atoms with Gasteiger partial charge in [0.1, 0.15) is 0 Å². The Kier molecular flexibility index (Phi) is 1.64. The first-order valence-electron chi connectivity index (χ1n) is 5.70. The monoisotopic (exact) mass is 187 g/mol. The molecule has 0 fully saturated rings. The van der Waals surface area contributed by atoms with Crippen LogP contribution < -0.4 is 5.73 Å². The predicted octanol–water partition coefficient (Wildman–Crippen LogP) is 2.81. The zero-order valence-corrected chi connectivity index (χ0v) is 8.77. The van der Waals surface area contributed by atoms with Crippen molar-refractivity contribution < 1.29 is 0 Å². The van der Waals surface area contributed by atoms with Crippen LogP contribution in [-0.2, 0) is 19.3 Å². The van der Waals surface area contributed by atoms with Gasteiger partial charge in [-0.15, -0.1) is 0 Å². The SMILES string of the molecule is C[C@@H]1CCc2cc3c(c(N)c21)CCC3. The van der Waals surface area contributed by atoms with E-state index >= 15 is 0 Å². The van der Waals surface area contributed by atoms with Crippen molar-refractivity contribution in [2.75, 3.05) is 5.73 Å². The third-order valence-electron chi connectivity index (χ3n) is 3.91. The van der Waals surface area contributed by atoms with E-state index in [-0.39, 0.29) is 0 Å². The topological polar surface area (TPSA) is 26.0 Å². The molecule has 1 aromatic carbocycles. The Morgan fingerprint density at radius 2 is 2.07 bits per heavy atom. The maximum absolute atomic E-state index is 6.28. The highest BCUT2D eigenvalue weighted by atomic mass is 14.6. The van der Waals surface area contributed by atoms with Crippen molar-refractivity contribution in [3.8, 4) is 0 Å². The minimum Gasteiger partial charge on any atom is -0.398 e. The van der Waals surface area contributed by atoms with E-state index in [0.29, 0.717) is 5.92 Å². The van der Waals surface area contributed by atoms with Gasteiger partial charge >= 0.3 is 0 Å². The largest absolute Gasteiger partial charge is 0.398 e. The van der Waals surface area contributed by atoms with Gasteiger partial charge in [-0.25, -0.2) is 0 Å². The minimum absolute atomic E-state index is 0.691. The molecule has 3 rings (SSSR count). The molecule has 74 valence electrons. The molecule has 0 saturated heterocycles. The van der Waals surface area contributed by atoms with E-state index in [2.05, 4.69) is 13.0 Å². The summed E-state index contributed by atoms with van der Waals surface area (Å²) in [6.07, 6.45) is 6.30. The summed E-state index contributed by atoms with van der Waals surface area (Å²) in [6.45, 7) is 2.31. The molecular weight excluding hydrogens is 170 g/mol. The molecule has 1 heteroatoms. The fraction of sp³-hybridized carbons (Fsp3) is 0.538. The highest BCUT2D eigenvalue weighted by molar-refractivity contribution is 5.64. The van der Waals surface area contributed by atoms with Gasteiger partial charge in [-0.2, -0.15) is 0 Å². The first-order valence-corrected chi connectivity index (χ1v) is 5.70. The molecule has 0 radical (unpaired) electrons. The number of hydrogen-bond donors (Lipinski definition) is 1. The zero-order chi connectivity index (χ0) is 9.71. The van der Waals surface area contributed by atoms with Crippen molar-refractivity contribution >= 4 is 5.69 Å². The fourth-order valence-electron chi connectivity index (χ4n) is 3.16. The number of fused-ring (bicyclic) bond motifs is 2. The number of anilines is 1. The smallest absolute Gasteiger partial charge is 0.0387 e. The van der Waals surface area contributed by atoms with E-state index in [1.807, 2.05) is 0 Å². The van der Waals surface area contributed by atoms with Crippen LogP contribution in [0.1, 0.15) is 47.9 Å². The van der Waals surface area contributed by atoms with Crippen LogP contribution in [0.2, 0.25) is 0 Å². The second kappa shape index (κ2) is 2.75. The van der Waals surface area contributed by atoms with Crippen molar-refractivity contribution in [1.82, 2.24) is 0 Å². The number of benzene rings is 1. The molecule has 2 aliphatic rings. The van der Waals surface area contributed by atoms with Crippen LogP contribution in [0, 0.1) is 0 Å². The molecule has 2 N–H and O–H groups in total. The summed E-state index contributed by atoms with van der Waals surface area (Å²) in [4.78, 5) is 0.